The van der Waals surface area contributed by atoms with Crippen molar-refractivity contribution in [2.45, 2.75) is 58.7 Å². The SMILES string of the molecule is C=C(CCC=C(C)C)[C@@H]1CC[C@H](C)O[C@@H]1c1ccccc1. The van der Waals surface area contributed by atoms with Gasteiger partial charge in [-0.25, -0.2) is 0 Å². The summed E-state index contributed by atoms with van der Waals surface area (Å²) in [4.78, 5) is 0. The zero-order chi connectivity index (χ0) is 15.2. The largest absolute Gasteiger partial charge is 0.370 e. The Bertz CT molecular complexity index is 482. The average Bonchev–Trinajstić information content (AvgIpc) is 2.47. The van der Waals surface area contributed by atoms with E-state index in [1.807, 2.05) is 0 Å². The molecule has 2 rings (SSSR count). The molecule has 0 bridgehead atoms. The summed E-state index contributed by atoms with van der Waals surface area (Å²) in [5.74, 6) is 0.453. The van der Waals surface area contributed by atoms with E-state index in [0.717, 1.165) is 19.3 Å². The molecule has 1 nitrogen and oxygen atoms in total. The molecule has 0 radical (unpaired) electrons. The first-order chi connectivity index (χ1) is 10.1. The van der Waals surface area contributed by atoms with Crippen LogP contribution in [0.5, 0.6) is 0 Å². The minimum absolute atomic E-state index is 0.175. The van der Waals surface area contributed by atoms with Crippen LogP contribution < -0.4 is 0 Å². The quantitative estimate of drug-likeness (QED) is 0.617. The molecule has 21 heavy (non-hydrogen) atoms. The molecule has 0 aliphatic carbocycles. The molecule has 0 spiro atoms. The zero-order valence-corrected chi connectivity index (χ0v) is 13.6. The van der Waals surface area contributed by atoms with Gasteiger partial charge in [0.05, 0.1) is 12.2 Å². The summed E-state index contributed by atoms with van der Waals surface area (Å²) < 4.78 is 6.26. The summed E-state index contributed by atoms with van der Waals surface area (Å²) in [6, 6.07) is 10.6. The molecule has 0 amide bonds. The fraction of sp³-hybridized carbons (Fsp3) is 0.500. The van der Waals surface area contributed by atoms with E-state index in [-0.39, 0.29) is 6.10 Å². The van der Waals surface area contributed by atoms with Crippen molar-refractivity contribution in [2.24, 2.45) is 5.92 Å². The van der Waals surface area contributed by atoms with Gasteiger partial charge in [0, 0.05) is 5.92 Å². The fourth-order valence-corrected chi connectivity index (χ4v) is 3.08. The zero-order valence-electron chi connectivity index (χ0n) is 13.6. The van der Waals surface area contributed by atoms with Gasteiger partial charge in [0.2, 0.25) is 0 Å². The van der Waals surface area contributed by atoms with Gasteiger partial charge in [0.25, 0.3) is 0 Å². The Kier molecular flexibility index (Phi) is 5.81. The van der Waals surface area contributed by atoms with E-state index < -0.39 is 0 Å². The van der Waals surface area contributed by atoms with E-state index in [1.165, 1.54) is 23.1 Å². The monoisotopic (exact) mass is 284 g/mol. The summed E-state index contributed by atoms with van der Waals surface area (Å²) in [5, 5.41) is 0. The summed E-state index contributed by atoms with van der Waals surface area (Å²) in [7, 11) is 0. The third-order valence-electron chi connectivity index (χ3n) is 4.30. The normalized spacial score (nSPS) is 25.4. The van der Waals surface area contributed by atoms with Crippen LogP contribution in [0.25, 0.3) is 0 Å². The van der Waals surface area contributed by atoms with Crippen LogP contribution in [0.15, 0.2) is 54.1 Å². The lowest BCUT2D eigenvalue weighted by Gasteiger charge is -2.37. The predicted molar refractivity (Wildman–Crippen MR) is 90.3 cm³/mol. The first-order valence-electron chi connectivity index (χ1n) is 8.09. The smallest absolute Gasteiger partial charge is 0.0893 e. The van der Waals surface area contributed by atoms with Gasteiger partial charge in [-0.3, -0.25) is 0 Å². The molecular formula is C20H28O. The fourth-order valence-electron chi connectivity index (χ4n) is 3.08. The molecule has 114 valence electrons. The lowest BCUT2D eigenvalue weighted by Crippen LogP contribution is -2.28. The van der Waals surface area contributed by atoms with Gasteiger partial charge < -0.3 is 4.74 Å². The summed E-state index contributed by atoms with van der Waals surface area (Å²) in [5.41, 5.74) is 4.02. The third-order valence-corrected chi connectivity index (χ3v) is 4.30. The molecule has 0 unspecified atom stereocenters. The van der Waals surface area contributed by atoms with E-state index >= 15 is 0 Å². The molecule has 0 aromatic heterocycles. The van der Waals surface area contributed by atoms with Crippen molar-refractivity contribution < 1.29 is 4.74 Å². The maximum atomic E-state index is 6.26. The molecule has 1 aliphatic heterocycles. The van der Waals surface area contributed by atoms with Crippen LogP contribution in [0.4, 0.5) is 0 Å². The van der Waals surface area contributed by atoms with Crippen LogP contribution in [0.3, 0.4) is 0 Å². The molecule has 1 aromatic rings. The van der Waals surface area contributed by atoms with E-state index in [0.29, 0.717) is 12.0 Å². The Labute approximate surface area is 129 Å². The lowest BCUT2D eigenvalue weighted by atomic mass is 9.81. The molecule has 1 aliphatic rings. The molecule has 1 aromatic carbocycles. The van der Waals surface area contributed by atoms with Crippen LogP contribution in [-0.4, -0.2) is 6.10 Å². The Morgan fingerprint density at radius 3 is 2.62 bits per heavy atom. The lowest BCUT2D eigenvalue weighted by molar-refractivity contribution is -0.0679. The highest BCUT2D eigenvalue weighted by Gasteiger charge is 2.31. The molecule has 0 N–H and O–H groups in total. The van der Waals surface area contributed by atoms with Gasteiger partial charge in [-0.05, 0) is 52.0 Å². The molecule has 1 saturated heterocycles. The highest BCUT2D eigenvalue weighted by molar-refractivity contribution is 5.22. The Balaban J connectivity index is 2.08. The first kappa shape index (κ1) is 16.0. The highest BCUT2D eigenvalue weighted by atomic mass is 16.5. The minimum Gasteiger partial charge on any atom is -0.370 e. The van der Waals surface area contributed by atoms with Crippen LogP contribution in [-0.2, 0) is 4.74 Å². The van der Waals surface area contributed by atoms with Crippen molar-refractivity contribution in [2.75, 3.05) is 0 Å². The van der Waals surface area contributed by atoms with Crippen LogP contribution >= 0.6 is 0 Å². The van der Waals surface area contributed by atoms with E-state index in [9.17, 15) is 0 Å². The Hall–Kier alpha value is -1.34. The maximum Gasteiger partial charge on any atom is 0.0893 e. The molecule has 1 fully saturated rings. The predicted octanol–water partition coefficient (Wildman–Crippen LogP) is 5.85. The standard InChI is InChI=1S/C20H28O/c1-15(2)9-8-10-16(3)19-14-13-17(4)21-20(19)18-11-6-5-7-12-18/h5-7,9,11-12,17,19-20H,3,8,10,13-14H2,1-2,4H3/t17-,19-,20+/m0/s1. The van der Waals surface area contributed by atoms with Gasteiger partial charge in [0.1, 0.15) is 0 Å². The van der Waals surface area contributed by atoms with Gasteiger partial charge in [-0.1, -0.05) is 54.1 Å². The molecule has 0 saturated carbocycles. The summed E-state index contributed by atoms with van der Waals surface area (Å²) in [6.07, 6.45) is 7.30. The van der Waals surface area contributed by atoms with Crippen molar-refractivity contribution in [1.82, 2.24) is 0 Å². The topological polar surface area (TPSA) is 9.23 Å². The minimum atomic E-state index is 0.175. The van der Waals surface area contributed by atoms with E-state index in [1.54, 1.807) is 0 Å². The second kappa shape index (κ2) is 7.61. The van der Waals surface area contributed by atoms with Crippen molar-refractivity contribution in [1.29, 1.82) is 0 Å². The van der Waals surface area contributed by atoms with Crippen molar-refractivity contribution in [3.05, 3.63) is 59.7 Å². The van der Waals surface area contributed by atoms with E-state index in [2.05, 4.69) is 63.8 Å². The van der Waals surface area contributed by atoms with Crippen LogP contribution in [0.1, 0.15) is 58.1 Å². The van der Waals surface area contributed by atoms with Crippen LogP contribution in [0, 0.1) is 5.92 Å². The summed E-state index contributed by atoms with van der Waals surface area (Å²) >= 11 is 0. The van der Waals surface area contributed by atoms with Gasteiger partial charge in [-0.2, -0.15) is 0 Å². The molecular weight excluding hydrogens is 256 g/mol. The number of rotatable bonds is 5. The van der Waals surface area contributed by atoms with E-state index in [4.69, 9.17) is 4.74 Å². The third kappa shape index (κ3) is 4.57. The van der Waals surface area contributed by atoms with Gasteiger partial charge in [0.15, 0.2) is 0 Å². The number of ether oxygens (including phenoxy) is 1. The Morgan fingerprint density at radius 1 is 1.24 bits per heavy atom. The summed E-state index contributed by atoms with van der Waals surface area (Å²) in [6.45, 7) is 10.9. The Morgan fingerprint density at radius 2 is 1.95 bits per heavy atom. The molecule has 1 heteroatoms. The number of hydrogen-bond acceptors (Lipinski definition) is 1. The number of hydrogen-bond donors (Lipinski definition) is 0. The van der Waals surface area contributed by atoms with Crippen molar-refractivity contribution in [3.8, 4) is 0 Å². The van der Waals surface area contributed by atoms with Gasteiger partial charge in [-0.15, -0.1) is 0 Å². The number of benzene rings is 1. The first-order valence-corrected chi connectivity index (χ1v) is 8.09. The number of allylic oxidation sites excluding steroid dienone is 2. The maximum absolute atomic E-state index is 6.26. The second-order valence-corrected chi connectivity index (χ2v) is 6.44. The van der Waals surface area contributed by atoms with Crippen LogP contribution in [0.2, 0.25) is 0 Å². The van der Waals surface area contributed by atoms with Crippen molar-refractivity contribution in [3.63, 3.8) is 0 Å². The molecule has 1 heterocycles. The molecule has 3 atom stereocenters. The van der Waals surface area contributed by atoms with Crippen molar-refractivity contribution >= 4 is 0 Å². The highest BCUT2D eigenvalue weighted by Crippen LogP contribution is 2.41. The second-order valence-electron chi connectivity index (χ2n) is 6.44. The van der Waals surface area contributed by atoms with Gasteiger partial charge >= 0.3 is 0 Å². The average molecular weight is 284 g/mol.